The molecule has 5 heteroatoms. The molecule has 59 heavy (non-hydrogen) atoms. The van der Waals surface area contributed by atoms with E-state index in [4.69, 9.17) is 21.7 Å². The summed E-state index contributed by atoms with van der Waals surface area (Å²) in [6.45, 7) is -3.43. The van der Waals surface area contributed by atoms with Crippen molar-refractivity contribution >= 4 is 58.2 Å². The lowest BCUT2D eigenvalue weighted by Crippen LogP contribution is -2.56. The monoisotopic (exact) mass is 801 g/mol. The van der Waals surface area contributed by atoms with Gasteiger partial charge in [0.2, 0.25) is 0 Å². The van der Waals surface area contributed by atoms with Crippen LogP contribution in [0, 0.1) is 20.6 Å². The number of aryl methyl sites for hydroxylation is 3. The summed E-state index contributed by atoms with van der Waals surface area (Å²) >= 11 is 1.39. The van der Waals surface area contributed by atoms with Gasteiger partial charge in [0.15, 0.2) is 5.58 Å². The number of oxazole rings is 1. The molecule has 0 saturated carbocycles. The van der Waals surface area contributed by atoms with Gasteiger partial charge >= 0.3 is 5.84 Å². The molecule has 10 aromatic rings. The van der Waals surface area contributed by atoms with Gasteiger partial charge in [0.1, 0.15) is 8.07 Å². The molecule has 0 unspecified atom stereocenters. The quantitative estimate of drug-likeness (QED) is 0.163. The number of hydrogen-bond acceptors (Lipinski definition) is 3. The molecule has 1 aliphatic carbocycles. The predicted octanol–water partition coefficient (Wildman–Crippen LogP) is 13.8. The second-order valence-electron chi connectivity index (χ2n) is 16.0. The molecule has 12 rings (SSSR count). The fourth-order valence-corrected chi connectivity index (χ4v) is 15.2. The number of fused-ring (bicyclic) bond motifs is 15. The first-order valence-corrected chi connectivity index (χ1v) is 23.5. The minimum Gasteiger partial charge on any atom is -0.422 e. The highest BCUT2D eigenvalue weighted by atomic mass is 32.2. The Hall–Kier alpha value is -6.40. The third-order valence-corrected chi connectivity index (χ3v) is 17.5. The molecule has 0 atom stereocenters. The fourth-order valence-electron chi connectivity index (χ4n) is 9.61. The van der Waals surface area contributed by atoms with E-state index in [0.29, 0.717) is 21.5 Å². The van der Waals surface area contributed by atoms with Crippen molar-refractivity contribution in [1.82, 2.24) is 9.38 Å². The lowest BCUT2D eigenvalue weighted by atomic mass is 9.80. The molecule has 2 aromatic heterocycles. The molecule has 0 spiro atoms. The second kappa shape index (κ2) is 12.5. The van der Waals surface area contributed by atoms with Crippen molar-refractivity contribution in [1.29, 1.82) is 0 Å². The first-order chi connectivity index (χ1) is 32.4. The normalized spacial score (nSPS) is 16.5. The van der Waals surface area contributed by atoms with Gasteiger partial charge in [-0.05, 0) is 139 Å². The van der Waals surface area contributed by atoms with Gasteiger partial charge in [0.25, 0.3) is 0 Å². The summed E-state index contributed by atoms with van der Waals surface area (Å²) in [5, 5.41) is 1.90. The SMILES string of the molecule is [2H]C([2H])([2H])c1cc2c(cc1-c1c(C([2H])([2H])[2H])ccc3c1oc1nc4ccccc4n13)[Si](C)(C)c1ccc(C([2H])([2H])[2H])c(-c3ccc4c(c3)-c3ccccc3-c3ccccc3-c3ccccc3-4)c1S2. The zero-order valence-electron chi connectivity index (χ0n) is 41.1. The van der Waals surface area contributed by atoms with E-state index in [1.54, 1.807) is 24.3 Å². The number of nitrogens with zero attached hydrogens (tertiary/aromatic N) is 2. The number of para-hydroxylation sites is 2. The van der Waals surface area contributed by atoms with Gasteiger partial charge < -0.3 is 4.42 Å². The lowest BCUT2D eigenvalue weighted by molar-refractivity contribution is 0.644. The van der Waals surface area contributed by atoms with E-state index < -0.39 is 28.6 Å². The molecule has 0 saturated heterocycles. The summed E-state index contributed by atoms with van der Waals surface area (Å²) in [5.74, 6) is 0.265. The van der Waals surface area contributed by atoms with Gasteiger partial charge in [-0.2, -0.15) is 4.98 Å². The summed E-state index contributed by atoms with van der Waals surface area (Å²) in [7, 11) is -2.88. The van der Waals surface area contributed by atoms with Gasteiger partial charge in [-0.1, -0.05) is 146 Å². The summed E-state index contributed by atoms with van der Waals surface area (Å²) < 4.78 is 88.2. The highest BCUT2D eigenvalue weighted by molar-refractivity contribution is 8.00. The van der Waals surface area contributed by atoms with E-state index in [1.165, 1.54) is 11.8 Å². The van der Waals surface area contributed by atoms with Crippen LogP contribution in [0.2, 0.25) is 13.1 Å². The average molecular weight is 802 g/mol. The molecule has 2 aliphatic rings. The molecule has 1 aliphatic heterocycles. The maximum absolute atomic E-state index is 8.99. The molecule has 0 N–H and O–H groups in total. The van der Waals surface area contributed by atoms with Gasteiger partial charge in [-0.25, -0.2) is 0 Å². The Labute approximate surface area is 361 Å². The van der Waals surface area contributed by atoms with Crippen molar-refractivity contribution in [3.05, 3.63) is 168 Å². The van der Waals surface area contributed by atoms with Gasteiger partial charge in [0.05, 0.1) is 16.6 Å². The third kappa shape index (κ3) is 4.92. The summed E-state index contributed by atoms with van der Waals surface area (Å²) in [6, 6.07) is 49.5. The Morgan fingerprint density at radius 1 is 0.525 bits per heavy atom. The Balaban J connectivity index is 1.10. The highest BCUT2D eigenvalue weighted by Gasteiger charge is 2.38. The fraction of sp³-hybridized carbons (Fsp3) is 0.0926. The van der Waals surface area contributed by atoms with Crippen LogP contribution >= 0.6 is 11.8 Å². The Morgan fingerprint density at radius 2 is 1.12 bits per heavy atom. The van der Waals surface area contributed by atoms with Crippen LogP contribution in [-0.4, -0.2) is 17.5 Å². The first-order valence-electron chi connectivity index (χ1n) is 24.2. The van der Waals surface area contributed by atoms with Crippen LogP contribution in [0.3, 0.4) is 0 Å². The first kappa shape index (κ1) is 26.6. The molecule has 3 nitrogen and oxygen atoms in total. The van der Waals surface area contributed by atoms with Crippen LogP contribution < -0.4 is 10.4 Å². The minimum atomic E-state index is -2.88. The van der Waals surface area contributed by atoms with Crippen molar-refractivity contribution in [2.45, 2.75) is 43.4 Å². The number of imidazole rings is 1. The average Bonchev–Trinajstić information content (AvgIpc) is 3.86. The van der Waals surface area contributed by atoms with E-state index >= 15 is 0 Å². The Kier molecular flexibility index (Phi) is 5.65. The molecular weight excluding hydrogens is 753 g/mol. The predicted molar refractivity (Wildman–Crippen MR) is 250 cm³/mol. The van der Waals surface area contributed by atoms with Crippen molar-refractivity contribution in [2.75, 3.05) is 0 Å². The molecule has 8 aromatic carbocycles. The summed E-state index contributed by atoms with van der Waals surface area (Å²) in [5.41, 5.74) is 12.7. The summed E-state index contributed by atoms with van der Waals surface area (Å²) in [6.07, 6.45) is 0. The van der Waals surface area contributed by atoms with Crippen LogP contribution in [0.15, 0.2) is 166 Å². The Bertz CT molecular complexity index is 3780. The van der Waals surface area contributed by atoms with E-state index in [0.717, 1.165) is 70.9 Å². The summed E-state index contributed by atoms with van der Waals surface area (Å²) in [4.78, 5) is 6.17. The number of rotatable bonds is 2. The largest absolute Gasteiger partial charge is 0.422 e. The maximum Gasteiger partial charge on any atom is 0.307 e. The highest BCUT2D eigenvalue weighted by Crippen LogP contribution is 2.50. The maximum atomic E-state index is 8.99. The molecule has 0 fully saturated rings. The van der Waals surface area contributed by atoms with E-state index in [9.17, 15) is 0 Å². The minimum absolute atomic E-state index is 0.0286. The standard InChI is InChI=1S/C54H40N2OSSi/c1-31-23-27-48-53(50(31)34-24-25-41-39-18-9-8-16-37(39)35-14-6-7-15-36(35)38-17-10-11-19-40(38)43(41)29-34)58-47-28-33(3)42(30-49(47)59(48,4)5)51-32(2)22-26-46-52(51)57-54-55-44-20-12-13-21-45(44)56(46)54/h6-30H,1-5H3/i1D3,2D3,3D3. The lowest BCUT2D eigenvalue weighted by Gasteiger charge is -2.35. The van der Waals surface area contributed by atoms with Gasteiger partial charge in [0, 0.05) is 27.7 Å². The number of benzene rings is 8. The smallest absolute Gasteiger partial charge is 0.307 e. The molecule has 0 amide bonds. The van der Waals surface area contributed by atoms with Gasteiger partial charge in [-0.3, -0.25) is 4.40 Å². The van der Waals surface area contributed by atoms with E-state index in [2.05, 4.69) is 79.8 Å². The molecular formula is C54H40N2OSSi. The Morgan fingerprint density at radius 3 is 1.80 bits per heavy atom. The number of hydrogen-bond donors (Lipinski definition) is 0. The van der Waals surface area contributed by atoms with Crippen LogP contribution in [0.4, 0.5) is 0 Å². The van der Waals surface area contributed by atoms with Crippen molar-refractivity contribution in [2.24, 2.45) is 0 Å². The third-order valence-electron chi connectivity index (χ3n) is 12.5. The van der Waals surface area contributed by atoms with Gasteiger partial charge in [-0.15, -0.1) is 0 Å². The number of aromatic nitrogens is 2. The molecule has 0 bridgehead atoms. The van der Waals surface area contributed by atoms with Crippen LogP contribution in [0.25, 0.3) is 94.7 Å². The van der Waals surface area contributed by atoms with Crippen molar-refractivity contribution in [3.63, 3.8) is 0 Å². The topological polar surface area (TPSA) is 30.4 Å². The molecule has 0 radical (unpaired) electrons. The van der Waals surface area contributed by atoms with Crippen LogP contribution in [0.5, 0.6) is 0 Å². The van der Waals surface area contributed by atoms with E-state index in [-0.39, 0.29) is 39.2 Å². The molecule has 282 valence electrons. The zero-order valence-corrected chi connectivity index (χ0v) is 34.0. The van der Waals surface area contributed by atoms with E-state index in [1.807, 2.05) is 65.1 Å². The molecule has 3 heterocycles. The van der Waals surface area contributed by atoms with Crippen molar-refractivity contribution < 1.29 is 16.8 Å². The van der Waals surface area contributed by atoms with Crippen molar-refractivity contribution in [3.8, 4) is 66.8 Å². The van der Waals surface area contributed by atoms with Crippen LogP contribution in [0.1, 0.15) is 29.0 Å². The van der Waals surface area contributed by atoms with Crippen LogP contribution in [-0.2, 0) is 0 Å². The zero-order chi connectivity index (χ0) is 47.2. The second-order valence-corrected chi connectivity index (χ2v) is 21.4.